The highest BCUT2D eigenvalue weighted by Gasteiger charge is 2.16. The van der Waals surface area contributed by atoms with Crippen LogP contribution in [0.1, 0.15) is 251 Å². The minimum absolute atomic E-state index is 1.23. The van der Waals surface area contributed by atoms with Gasteiger partial charge in [-0.05, 0) is 32.1 Å². The summed E-state index contributed by atoms with van der Waals surface area (Å²) in [5.74, 6) is 1.63. The lowest BCUT2D eigenvalue weighted by Gasteiger charge is -2.07. The number of aromatic nitrogens is 2. The predicted octanol–water partition coefficient (Wildman–Crippen LogP) is 15.0. The number of unbranched alkanes of at least 4 members (excludes halogenated alkanes) is 32. The van der Waals surface area contributed by atoms with Crippen LogP contribution in [-0.2, 0) is 19.5 Å². The van der Waals surface area contributed by atoms with Crippen LogP contribution in [0.15, 0.2) is 12.4 Å². The molecule has 0 spiro atoms. The molecule has 272 valence electrons. The van der Waals surface area contributed by atoms with Gasteiger partial charge in [0.15, 0.2) is 0 Å². The number of hydrogen-bond donors (Lipinski definition) is 0. The van der Waals surface area contributed by atoms with E-state index >= 15 is 0 Å². The Morgan fingerprint density at radius 2 is 0.674 bits per heavy atom. The fraction of sp³-hybridized carbons (Fsp3) is 0.932. The molecule has 0 amide bonds. The maximum absolute atomic E-state index is 2.64. The van der Waals surface area contributed by atoms with Gasteiger partial charge in [-0.1, -0.05) is 213 Å². The van der Waals surface area contributed by atoms with E-state index in [1.54, 1.807) is 5.82 Å². The van der Waals surface area contributed by atoms with Crippen molar-refractivity contribution in [2.75, 3.05) is 0 Å². The Bertz CT molecular complexity index is 707. The molecule has 1 aromatic rings. The molecule has 1 aromatic heterocycles. The molecule has 0 atom stereocenters. The third-order valence-electron chi connectivity index (χ3n) is 10.6. The molecule has 0 aliphatic rings. The average Bonchev–Trinajstić information content (AvgIpc) is 3.45. The number of hydrogen-bond acceptors (Lipinski definition) is 0. The molecular formula is C44H87N2+. The first-order valence-corrected chi connectivity index (χ1v) is 21.9. The summed E-state index contributed by atoms with van der Waals surface area (Å²) in [7, 11) is 0. The fourth-order valence-corrected chi connectivity index (χ4v) is 7.39. The smallest absolute Gasteiger partial charge is 0.234 e. The van der Waals surface area contributed by atoms with Crippen LogP contribution in [-0.4, -0.2) is 4.57 Å². The van der Waals surface area contributed by atoms with Crippen molar-refractivity contribution in [3.8, 4) is 0 Å². The Hall–Kier alpha value is -0.790. The average molecular weight is 644 g/mol. The first kappa shape index (κ1) is 43.2. The summed E-state index contributed by atoms with van der Waals surface area (Å²) < 4.78 is 5.28. The second-order valence-corrected chi connectivity index (χ2v) is 15.2. The molecule has 0 aliphatic heterocycles. The largest absolute Gasteiger partial charge is 0.256 e. The molecule has 0 radical (unpaired) electrons. The number of nitrogens with zero attached hydrogens (tertiary/aromatic N) is 2. The van der Waals surface area contributed by atoms with E-state index in [1.165, 1.54) is 244 Å². The monoisotopic (exact) mass is 644 g/mol. The second-order valence-electron chi connectivity index (χ2n) is 15.2. The van der Waals surface area contributed by atoms with Crippen molar-refractivity contribution in [2.45, 2.75) is 265 Å². The topological polar surface area (TPSA) is 8.81 Å². The van der Waals surface area contributed by atoms with Crippen molar-refractivity contribution in [3.05, 3.63) is 18.2 Å². The molecule has 0 bridgehead atoms. The highest BCUT2D eigenvalue weighted by molar-refractivity contribution is 4.84. The summed E-state index contributed by atoms with van der Waals surface area (Å²) in [6.45, 7) is 9.41. The summed E-state index contributed by atoms with van der Waals surface area (Å²) in [5, 5.41) is 0. The third kappa shape index (κ3) is 27.2. The van der Waals surface area contributed by atoms with Gasteiger partial charge in [0.1, 0.15) is 12.4 Å². The summed E-state index contributed by atoms with van der Waals surface area (Å²) >= 11 is 0. The molecule has 1 heterocycles. The van der Waals surface area contributed by atoms with E-state index in [-0.39, 0.29) is 0 Å². The maximum atomic E-state index is 2.64. The zero-order chi connectivity index (χ0) is 33.0. The highest BCUT2D eigenvalue weighted by Crippen LogP contribution is 2.16. The minimum atomic E-state index is 1.23. The molecule has 0 saturated carbocycles. The quantitative estimate of drug-likeness (QED) is 0.0501. The summed E-state index contributed by atoms with van der Waals surface area (Å²) in [6, 6.07) is 0. The second kappa shape index (κ2) is 35.5. The lowest BCUT2D eigenvalue weighted by molar-refractivity contribution is -0.704. The van der Waals surface area contributed by atoms with Gasteiger partial charge in [-0.15, -0.1) is 0 Å². The normalized spacial score (nSPS) is 11.6. The van der Waals surface area contributed by atoms with Gasteiger partial charge in [0.2, 0.25) is 0 Å². The van der Waals surface area contributed by atoms with E-state index in [0.717, 1.165) is 0 Å². The van der Waals surface area contributed by atoms with Crippen LogP contribution in [0.25, 0.3) is 0 Å². The van der Waals surface area contributed by atoms with E-state index in [0.29, 0.717) is 0 Å². The van der Waals surface area contributed by atoms with Gasteiger partial charge < -0.3 is 0 Å². The van der Waals surface area contributed by atoms with E-state index in [1.807, 2.05) is 0 Å². The highest BCUT2D eigenvalue weighted by atomic mass is 15.1. The van der Waals surface area contributed by atoms with Gasteiger partial charge in [-0.3, -0.25) is 0 Å². The van der Waals surface area contributed by atoms with Crippen molar-refractivity contribution in [1.82, 2.24) is 4.57 Å². The molecule has 2 heteroatoms. The summed E-state index contributed by atoms with van der Waals surface area (Å²) in [6.07, 6.45) is 56.3. The standard InChI is InChI=1S/C44H87N2/c1-4-7-10-13-16-19-21-23-24-26-28-30-33-36-39-44-45(40-37-34-31-18-15-12-9-6-3)42-43-46(44)41-38-35-32-29-27-25-22-20-17-14-11-8-5-2/h42-43H,4-41H2,1-3H3/q+1. The lowest BCUT2D eigenvalue weighted by Crippen LogP contribution is -2.37. The number of rotatable bonds is 38. The van der Waals surface area contributed by atoms with Crippen molar-refractivity contribution in [3.63, 3.8) is 0 Å². The van der Waals surface area contributed by atoms with Gasteiger partial charge in [0.25, 0.3) is 5.82 Å². The van der Waals surface area contributed by atoms with E-state index < -0.39 is 0 Å². The summed E-state index contributed by atoms with van der Waals surface area (Å²) in [4.78, 5) is 0. The number of imidazole rings is 1. The molecular weight excluding hydrogens is 556 g/mol. The molecule has 0 N–H and O–H groups in total. The molecule has 46 heavy (non-hydrogen) atoms. The zero-order valence-corrected chi connectivity index (χ0v) is 32.4. The lowest BCUT2D eigenvalue weighted by atomic mass is 10.0. The Morgan fingerprint density at radius 3 is 1.04 bits per heavy atom. The van der Waals surface area contributed by atoms with Crippen LogP contribution >= 0.6 is 0 Å². The summed E-state index contributed by atoms with van der Waals surface area (Å²) in [5.41, 5.74) is 0. The van der Waals surface area contributed by atoms with Crippen LogP contribution in [0, 0.1) is 0 Å². The molecule has 0 fully saturated rings. The first-order chi connectivity index (χ1) is 22.8. The molecule has 2 nitrogen and oxygen atoms in total. The Labute approximate surface area is 291 Å². The van der Waals surface area contributed by atoms with Gasteiger partial charge in [0, 0.05) is 6.42 Å². The van der Waals surface area contributed by atoms with E-state index in [2.05, 4.69) is 42.3 Å². The Kier molecular flexibility index (Phi) is 33.4. The van der Waals surface area contributed by atoms with Crippen molar-refractivity contribution in [2.24, 2.45) is 0 Å². The fourth-order valence-electron chi connectivity index (χ4n) is 7.39. The van der Waals surface area contributed by atoms with E-state index in [9.17, 15) is 0 Å². The van der Waals surface area contributed by atoms with Crippen molar-refractivity contribution < 1.29 is 4.57 Å². The van der Waals surface area contributed by atoms with Crippen LogP contribution in [0.5, 0.6) is 0 Å². The molecule has 0 saturated heterocycles. The van der Waals surface area contributed by atoms with Crippen LogP contribution < -0.4 is 4.57 Å². The molecule has 0 aliphatic carbocycles. The Morgan fingerprint density at radius 1 is 0.370 bits per heavy atom. The third-order valence-corrected chi connectivity index (χ3v) is 10.6. The number of aryl methyl sites for hydroxylation is 2. The van der Waals surface area contributed by atoms with Crippen molar-refractivity contribution >= 4 is 0 Å². The van der Waals surface area contributed by atoms with Gasteiger partial charge >= 0.3 is 0 Å². The van der Waals surface area contributed by atoms with Gasteiger partial charge in [0.05, 0.1) is 13.1 Å². The molecule has 0 aromatic carbocycles. The maximum Gasteiger partial charge on any atom is 0.256 e. The Balaban J connectivity index is 2.26. The van der Waals surface area contributed by atoms with Gasteiger partial charge in [-0.25, -0.2) is 9.13 Å². The molecule has 1 rings (SSSR count). The van der Waals surface area contributed by atoms with E-state index in [4.69, 9.17) is 0 Å². The zero-order valence-electron chi connectivity index (χ0n) is 32.4. The van der Waals surface area contributed by atoms with Crippen LogP contribution in [0.4, 0.5) is 0 Å². The SMILES string of the molecule is CCCCCCCCCCCCCCCCc1n(CCCCCCCCCC)cc[n+]1CCCCCCCCCCCCCCC. The van der Waals surface area contributed by atoms with Gasteiger partial charge in [-0.2, -0.15) is 0 Å². The van der Waals surface area contributed by atoms with Crippen molar-refractivity contribution in [1.29, 1.82) is 0 Å². The minimum Gasteiger partial charge on any atom is -0.234 e. The van der Waals surface area contributed by atoms with Crippen LogP contribution in [0.3, 0.4) is 0 Å². The first-order valence-electron chi connectivity index (χ1n) is 21.9. The molecule has 0 unspecified atom stereocenters. The van der Waals surface area contributed by atoms with Crippen LogP contribution in [0.2, 0.25) is 0 Å². The predicted molar refractivity (Wildman–Crippen MR) is 207 cm³/mol.